The number of anilines is 1. The van der Waals surface area contributed by atoms with Gasteiger partial charge in [0.1, 0.15) is 11.5 Å². The minimum atomic E-state index is -0.483. The summed E-state index contributed by atoms with van der Waals surface area (Å²) in [5, 5.41) is 7.37. The number of hydrogen-bond acceptors (Lipinski definition) is 2. The van der Waals surface area contributed by atoms with E-state index in [0.29, 0.717) is 17.0 Å². The average Bonchev–Trinajstić information content (AvgIpc) is 3.28. The summed E-state index contributed by atoms with van der Waals surface area (Å²) in [5.74, 6) is -0.523. The molecule has 3 aromatic carbocycles. The molecule has 1 N–H and O–H groups in total. The van der Waals surface area contributed by atoms with E-state index in [-0.39, 0.29) is 11.7 Å². The maximum absolute atomic E-state index is 14.1. The Morgan fingerprint density at radius 2 is 1.77 bits per heavy atom. The van der Waals surface area contributed by atoms with Crippen LogP contribution >= 0.6 is 15.9 Å². The highest BCUT2D eigenvalue weighted by molar-refractivity contribution is 9.10. The van der Waals surface area contributed by atoms with Crippen molar-refractivity contribution in [3.05, 3.63) is 105 Å². The highest BCUT2D eigenvalue weighted by Crippen LogP contribution is 2.45. The molecule has 6 heteroatoms. The molecule has 1 atom stereocenters. The fraction of sp³-hybridized carbons (Fsp3) is 0.0833. The van der Waals surface area contributed by atoms with Crippen molar-refractivity contribution in [2.24, 2.45) is 0 Å². The Morgan fingerprint density at radius 1 is 1.03 bits per heavy atom. The molecule has 0 radical (unpaired) electrons. The molecule has 30 heavy (non-hydrogen) atoms. The van der Waals surface area contributed by atoms with Gasteiger partial charge in [0.25, 0.3) is 5.91 Å². The third kappa shape index (κ3) is 3.04. The lowest BCUT2D eigenvalue weighted by molar-refractivity contribution is 0.0988. The molecular weight excluding hydrogens is 445 g/mol. The second kappa shape index (κ2) is 7.22. The van der Waals surface area contributed by atoms with Crippen LogP contribution in [-0.4, -0.2) is 16.1 Å². The molecule has 2 heterocycles. The Labute approximate surface area is 181 Å². The monoisotopic (exact) mass is 461 g/mol. The minimum Gasteiger partial charge on any atom is -0.295 e. The molecule has 1 aliphatic rings. The van der Waals surface area contributed by atoms with Crippen molar-refractivity contribution in [3.63, 3.8) is 0 Å². The first kappa shape index (κ1) is 18.8. The lowest BCUT2D eigenvalue weighted by Gasteiger charge is -2.26. The Kier molecular flexibility index (Phi) is 4.51. The number of carbonyl (C=O) groups excluding carboxylic acids is 1. The van der Waals surface area contributed by atoms with E-state index in [0.717, 1.165) is 26.9 Å². The number of halogens is 2. The van der Waals surface area contributed by atoms with Crippen molar-refractivity contribution in [1.82, 2.24) is 10.2 Å². The molecule has 0 bridgehead atoms. The van der Waals surface area contributed by atoms with Gasteiger partial charge in [0.2, 0.25) is 0 Å². The number of benzene rings is 3. The summed E-state index contributed by atoms with van der Waals surface area (Å²) < 4.78 is 15.1. The van der Waals surface area contributed by atoms with Gasteiger partial charge in [-0.05, 0) is 48.9 Å². The SMILES string of the molecule is Cc1ccc(N2C(=O)c3[nH]nc(-c4ccc(Br)cc4)c3C2c2cccc(F)c2)cc1. The van der Waals surface area contributed by atoms with Crippen molar-refractivity contribution >= 4 is 27.5 Å². The van der Waals surface area contributed by atoms with Crippen LogP contribution in [0.4, 0.5) is 10.1 Å². The zero-order chi connectivity index (χ0) is 20.8. The molecule has 4 aromatic rings. The summed E-state index contributed by atoms with van der Waals surface area (Å²) in [6.45, 7) is 2.00. The van der Waals surface area contributed by atoms with E-state index >= 15 is 0 Å². The first-order chi connectivity index (χ1) is 14.5. The van der Waals surface area contributed by atoms with Gasteiger partial charge in [-0.1, -0.05) is 57.9 Å². The third-order valence-corrected chi connectivity index (χ3v) is 5.89. The molecular formula is C24H17BrFN3O. The van der Waals surface area contributed by atoms with Gasteiger partial charge in [-0.15, -0.1) is 0 Å². The molecule has 148 valence electrons. The van der Waals surface area contributed by atoms with Gasteiger partial charge in [0.15, 0.2) is 0 Å². The Bertz CT molecular complexity index is 1250. The molecule has 1 aliphatic heterocycles. The minimum absolute atomic E-state index is 0.182. The molecule has 0 fully saturated rings. The number of hydrogen-bond donors (Lipinski definition) is 1. The number of nitrogens with zero attached hydrogens (tertiary/aromatic N) is 2. The smallest absolute Gasteiger partial charge is 0.277 e. The number of aromatic amines is 1. The summed E-state index contributed by atoms with van der Waals surface area (Å²) in [7, 11) is 0. The molecule has 0 spiro atoms. The summed E-state index contributed by atoms with van der Waals surface area (Å²) in [5.41, 5.74) is 5.32. The van der Waals surface area contributed by atoms with Crippen LogP contribution in [0.2, 0.25) is 0 Å². The number of fused-ring (bicyclic) bond motifs is 1. The zero-order valence-electron chi connectivity index (χ0n) is 16.1. The predicted octanol–water partition coefficient (Wildman–Crippen LogP) is 6.04. The molecule has 1 amide bonds. The first-order valence-electron chi connectivity index (χ1n) is 9.53. The van der Waals surface area contributed by atoms with E-state index < -0.39 is 6.04 Å². The second-order valence-corrected chi connectivity index (χ2v) is 8.25. The maximum Gasteiger partial charge on any atom is 0.277 e. The van der Waals surface area contributed by atoms with Crippen LogP contribution in [0.3, 0.4) is 0 Å². The topological polar surface area (TPSA) is 49.0 Å². The summed E-state index contributed by atoms with van der Waals surface area (Å²) in [6.07, 6.45) is 0. The number of aromatic nitrogens is 2. The lowest BCUT2D eigenvalue weighted by atomic mass is 9.96. The van der Waals surface area contributed by atoms with Crippen molar-refractivity contribution in [3.8, 4) is 11.3 Å². The molecule has 0 saturated heterocycles. The fourth-order valence-corrected chi connectivity index (χ4v) is 4.20. The lowest BCUT2D eigenvalue weighted by Crippen LogP contribution is -2.29. The van der Waals surface area contributed by atoms with Crippen LogP contribution in [-0.2, 0) is 0 Å². The van der Waals surface area contributed by atoms with Crippen molar-refractivity contribution in [2.75, 3.05) is 4.90 Å². The zero-order valence-corrected chi connectivity index (χ0v) is 17.7. The van der Waals surface area contributed by atoms with Crippen LogP contribution in [0.5, 0.6) is 0 Å². The van der Waals surface area contributed by atoms with Gasteiger partial charge in [-0.2, -0.15) is 5.10 Å². The standard InChI is InChI=1S/C24H17BrFN3O/c1-14-5-11-19(12-6-14)29-23(16-3-2-4-18(26)13-16)20-21(27-28-22(20)24(29)30)15-7-9-17(25)10-8-15/h2-13,23H,1H3,(H,27,28). The highest BCUT2D eigenvalue weighted by atomic mass is 79.9. The normalized spacial score (nSPS) is 15.5. The van der Waals surface area contributed by atoms with E-state index in [1.165, 1.54) is 12.1 Å². The van der Waals surface area contributed by atoms with Gasteiger partial charge in [0.05, 0.1) is 11.7 Å². The number of aryl methyl sites for hydroxylation is 1. The van der Waals surface area contributed by atoms with Gasteiger partial charge in [-0.3, -0.25) is 14.8 Å². The highest BCUT2D eigenvalue weighted by Gasteiger charge is 2.43. The Balaban J connectivity index is 1.72. The number of rotatable bonds is 3. The van der Waals surface area contributed by atoms with Crippen LogP contribution in [0, 0.1) is 12.7 Å². The Morgan fingerprint density at radius 3 is 2.47 bits per heavy atom. The van der Waals surface area contributed by atoms with Gasteiger partial charge < -0.3 is 0 Å². The van der Waals surface area contributed by atoms with Crippen LogP contribution < -0.4 is 4.90 Å². The molecule has 1 aromatic heterocycles. The molecule has 1 unspecified atom stereocenters. The second-order valence-electron chi connectivity index (χ2n) is 7.34. The summed E-state index contributed by atoms with van der Waals surface area (Å²) in [6, 6.07) is 21.4. The Hall–Kier alpha value is -3.25. The van der Waals surface area contributed by atoms with Gasteiger partial charge >= 0.3 is 0 Å². The summed E-state index contributed by atoms with van der Waals surface area (Å²) >= 11 is 3.45. The number of carbonyl (C=O) groups is 1. The molecule has 0 saturated carbocycles. The van der Waals surface area contributed by atoms with Crippen LogP contribution in [0.15, 0.2) is 77.3 Å². The maximum atomic E-state index is 14.1. The fourth-order valence-electron chi connectivity index (χ4n) is 3.94. The van der Waals surface area contributed by atoms with Crippen LogP contribution in [0.1, 0.15) is 33.2 Å². The third-order valence-electron chi connectivity index (χ3n) is 5.36. The van der Waals surface area contributed by atoms with E-state index in [9.17, 15) is 9.18 Å². The average molecular weight is 462 g/mol. The molecule has 0 aliphatic carbocycles. The summed E-state index contributed by atoms with van der Waals surface area (Å²) in [4.78, 5) is 15.1. The molecule has 5 rings (SSSR count). The number of H-pyrrole nitrogens is 1. The first-order valence-corrected chi connectivity index (χ1v) is 10.3. The van der Waals surface area contributed by atoms with Gasteiger partial charge in [0, 0.05) is 21.3 Å². The van der Waals surface area contributed by atoms with E-state index in [1.807, 2.05) is 61.5 Å². The predicted molar refractivity (Wildman–Crippen MR) is 118 cm³/mol. The van der Waals surface area contributed by atoms with Crippen molar-refractivity contribution < 1.29 is 9.18 Å². The van der Waals surface area contributed by atoms with Crippen molar-refractivity contribution in [2.45, 2.75) is 13.0 Å². The van der Waals surface area contributed by atoms with E-state index in [2.05, 4.69) is 26.1 Å². The quantitative estimate of drug-likeness (QED) is 0.404. The van der Waals surface area contributed by atoms with E-state index in [1.54, 1.807) is 11.0 Å². The number of nitrogens with one attached hydrogen (secondary N) is 1. The largest absolute Gasteiger partial charge is 0.295 e. The van der Waals surface area contributed by atoms with Crippen LogP contribution in [0.25, 0.3) is 11.3 Å². The van der Waals surface area contributed by atoms with E-state index in [4.69, 9.17) is 0 Å². The molecule has 4 nitrogen and oxygen atoms in total. The number of amides is 1. The van der Waals surface area contributed by atoms with Gasteiger partial charge in [-0.25, -0.2) is 4.39 Å². The van der Waals surface area contributed by atoms with Crippen molar-refractivity contribution in [1.29, 1.82) is 0 Å².